The van der Waals surface area contributed by atoms with Crippen LogP contribution in [0.3, 0.4) is 0 Å². The zero-order chi connectivity index (χ0) is 20.3. The van der Waals surface area contributed by atoms with Crippen molar-refractivity contribution in [1.82, 2.24) is 0 Å². The molecule has 0 unspecified atom stereocenters. The third-order valence-corrected chi connectivity index (χ3v) is 5.89. The molecule has 0 aliphatic heterocycles. The van der Waals surface area contributed by atoms with E-state index in [0.717, 1.165) is 16.7 Å². The van der Waals surface area contributed by atoms with E-state index in [1.165, 1.54) is 12.1 Å². The second kappa shape index (κ2) is 7.86. The molecule has 0 heterocycles. The number of benzene rings is 3. The van der Waals surface area contributed by atoms with E-state index in [1.54, 1.807) is 36.4 Å². The number of amides is 1. The van der Waals surface area contributed by atoms with Gasteiger partial charge in [0.2, 0.25) is 0 Å². The van der Waals surface area contributed by atoms with Gasteiger partial charge in [-0.05, 0) is 80.4 Å². The normalized spacial score (nSPS) is 11.1. The van der Waals surface area contributed by atoms with Crippen molar-refractivity contribution < 1.29 is 13.2 Å². The molecule has 28 heavy (non-hydrogen) atoms. The van der Waals surface area contributed by atoms with Crippen molar-refractivity contribution in [3.8, 4) is 0 Å². The Labute approximate surface area is 165 Å². The highest BCUT2D eigenvalue weighted by Crippen LogP contribution is 2.20. The Morgan fingerprint density at radius 1 is 0.750 bits per heavy atom. The molecule has 0 saturated carbocycles. The largest absolute Gasteiger partial charge is 0.322 e. The van der Waals surface area contributed by atoms with E-state index in [2.05, 4.69) is 10.0 Å². The van der Waals surface area contributed by atoms with E-state index >= 15 is 0 Å². The second-order valence-electron chi connectivity index (χ2n) is 6.75. The van der Waals surface area contributed by atoms with Gasteiger partial charge in [-0.1, -0.05) is 23.8 Å². The van der Waals surface area contributed by atoms with Crippen LogP contribution >= 0.6 is 0 Å². The van der Waals surface area contributed by atoms with Crippen molar-refractivity contribution in [1.29, 1.82) is 0 Å². The van der Waals surface area contributed by atoms with Gasteiger partial charge in [-0.2, -0.15) is 0 Å². The molecule has 3 aromatic rings. The summed E-state index contributed by atoms with van der Waals surface area (Å²) in [6.45, 7) is 5.85. The van der Waals surface area contributed by atoms with Gasteiger partial charge in [0.25, 0.3) is 15.9 Å². The summed E-state index contributed by atoms with van der Waals surface area (Å²) in [5.74, 6) is -0.246. The quantitative estimate of drug-likeness (QED) is 0.661. The third-order valence-electron chi connectivity index (χ3n) is 4.50. The van der Waals surface area contributed by atoms with Crippen LogP contribution in [0.4, 0.5) is 11.4 Å². The van der Waals surface area contributed by atoms with Gasteiger partial charge in [-0.15, -0.1) is 0 Å². The predicted molar refractivity (Wildman–Crippen MR) is 112 cm³/mol. The fourth-order valence-corrected chi connectivity index (χ4v) is 3.69. The highest BCUT2D eigenvalue weighted by atomic mass is 32.2. The van der Waals surface area contributed by atoms with Crippen LogP contribution in [-0.4, -0.2) is 14.3 Å². The molecule has 0 radical (unpaired) electrons. The standard InChI is InChI=1S/C22H22N2O3S/c1-15-4-7-18(8-5-15)22(25)23-19-10-12-21(13-11-19)28(26,27)24-20-9-6-16(2)17(3)14-20/h4-14,24H,1-3H3,(H,23,25). The average molecular weight is 394 g/mol. The minimum Gasteiger partial charge on any atom is -0.322 e. The van der Waals surface area contributed by atoms with Gasteiger partial charge in [0, 0.05) is 16.9 Å². The van der Waals surface area contributed by atoms with Crippen LogP contribution in [0.5, 0.6) is 0 Å². The van der Waals surface area contributed by atoms with Crippen LogP contribution in [0, 0.1) is 20.8 Å². The number of carbonyl (C=O) groups is 1. The molecule has 0 fully saturated rings. The maximum absolute atomic E-state index is 12.6. The molecule has 1 amide bonds. The van der Waals surface area contributed by atoms with Crippen molar-refractivity contribution in [2.75, 3.05) is 10.0 Å². The van der Waals surface area contributed by atoms with Crippen LogP contribution in [0.2, 0.25) is 0 Å². The Morgan fingerprint density at radius 3 is 1.96 bits per heavy atom. The highest BCUT2D eigenvalue weighted by Gasteiger charge is 2.15. The molecule has 0 aliphatic rings. The summed E-state index contributed by atoms with van der Waals surface area (Å²) in [4.78, 5) is 12.4. The first kappa shape index (κ1) is 19.6. The lowest BCUT2D eigenvalue weighted by atomic mass is 10.1. The van der Waals surface area contributed by atoms with Gasteiger partial charge in [0.1, 0.15) is 0 Å². The minimum absolute atomic E-state index is 0.124. The van der Waals surface area contributed by atoms with Gasteiger partial charge >= 0.3 is 0 Å². The zero-order valence-electron chi connectivity index (χ0n) is 16.0. The van der Waals surface area contributed by atoms with Crippen LogP contribution in [0.15, 0.2) is 71.6 Å². The van der Waals surface area contributed by atoms with E-state index in [9.17, 15) is 13.2 Å². The Bertz CT molecular complexity index is 1100. The summed E-state index contributed by atoms with van der Waals surface area (Å²) in [5, 5.41) is 2.77. The van der Waals surface area contributed by atoms with Gasteiger partial charge in [0.15, 0.2) is 0 Å². The van der Waals surface area contributed by atoms with Gasteiger partial charge < -0.3 is 5.32 Å². The molecule has 2 N–H and O–H groups in total. The number of anilines is 2. The zero-order valence-corrected chi connectivity index (χ0v) is 16.8. The number of hydrogen-bond donors (Lipinski definition) is 2. The lowest BCUT2D eigenvalue weighted by Crippen LogP contribution is -2.14. The number of rotatable bonds is 5. The second-order valence-corrected chi connectivity index (χ2v) is 8.43. The van der Waals surface area contributed by atoms with Crippen LogP contribution < -0.4 is 10.0 Å². The van der Waals surface area contributed by atoms with Crippen molar-refractivity contribution in [2.24, 2.45) is 0 Å². The first-order chi connectivity index (χ1) is 13.2. The molecule has 144 valence electrons. The smallest absolute Gasteiger partial charge is 0.261 e. The SMILES string of the molecule is Cc1ccc(C(=O)Nc2ccc(S(=O)(=O)Nc3ccc(C)c(C)c3)cc2)cc1. The van der Waals surface area contributed by atoms with Crippen molar-refractivity contribution in [3.63, 3.8) is 0 Å². The fraction of sp³-hybridized carbons (Fsp3) is 0.136. The molecule has 6 heteroatoms. The maximum Gasteiger partial charge on any atom is 0.261 e. The molecule has 0 atom stereocenters. The fourth-order valence-electron chi connectivity index (χ4n) is 2.64. The van der Waals surface area contributed by atoms with E-state index in [4.69, 9.17) is 0 Å². The lowest BCUT2D eigenvalue weighted by molar-refractivity contribution is 0.102. The van der Waals surface area contributed by atoms with Crippen molar-refractivity contribution in [2.45, 2.75) is 25.7 Å². The van der Waals surface area contributed by atoms with E-state index in [1.807, 2.05) is 39.0 Å². The Balaban J connectivity index is 1.72. The van der Waals surface area contributed by atoms with Crippen LogP contribution in [0.1, 0.15) is 27.0 Å². The molecule has 0 aliphatic carbocycles. The van der Waals surface area contributed by atoms with Gasteiger partial charge in [0.05, 0.1) is 4.90 Å². The molecule has 0 bridgehead atoms. The van der Waals surface area contributed by atoms with Gasteiger partial charge in [-0.3, -0.25) is 9.52 Å². The Hall–Kier alpha value is -3.12. The first-order valence-corrected chi connectivity index (χ1v) is 10.3. The summed E-state index contributed by atoms with van der Waals surface area (Å²) in [6, 6.07) is 18.7. The van der Waals surface area contributed by atoms with Crippen LogP contribution in [-0.2, 0) is 10.0 Å². The highest BCUT2D eigenvalue weighted by molar-refractivity contribution is 7.92. The molecule has 3 rings (SSSR count). The molecule has 0 saturated heterocycles. The first-order valence-electron chi connectivity index (χ1n) is 8.83. The number of carbonyl (C=O) groups excluding carboxylic acids is 1. The van der Waals surface area contributed by atoms with Crippen LogP contribution in [0.25, 0.3) is 0 Å². The Morgan fingerprint density at radius 2 is 1.36 bits per heavy atom. The number of nitrogens with one attached hydrogen (secondary N) is 2. The number of hydrogen-bond acceptors (Lipinski definition) is 3. The summed E-state index contributed by atoms with van der Waals surface area (Å²) < 4.78 is 27.8. The topological polar surface area (TPSA) is 75.3 Å². The van der Waals surface area contributed by atoms with E-state index < -0.39 is 10.0 Å². The number of aryl methyl sites for hydroxylation is 3. The molecular formula is C22H22N2O3S. The summed E-state index contributed by atoms with van der Waals surface area (Å²) in [5.41, 5.74) is 4.75. The molecular weight excluding hydrogens is 372 g/mol. The Kier molecular flexibility index (Phi) is 5.51. The molecule has 3 aromatic carbocycles. The molecule has 0 spiro atoms. The monoisotopic (exact) mass is 394 g/mol. The summed E-state index contributed by atoms with van der Waals surface area (Å²) >= 11 is 0. The van der Waals surface area contributed by atoms with Crippen molar-refractivity contribution in [3.05, 3.63) is 89.0 Å². The third kappa shape index (κ3) is 4.58. The van der Waals surface area contributed by atoms with Gasteiger partial charge in [-0.25, -0.2) is 8.42 Å². The molecule has 5 nitrogen and oxygen atoms in total. The number of sulfonamides is 1. The maximum atomic E-state index is 12.6. The lowest BCUT2D eigenvalue weighted by Gasteiger charge is -2.11. The summed E-state index contributed by atoms with van der Waals surface area (Å²) in [6.07, 6.45) is 0. The predicted octanol–water partition coefficient (Wildman–Crippen LogP) is 4.66. The summed E-state index contributed by atoms with van der Waals surface area (Å²) in [7, 11) is -3.71. The van der Waals surface area contributed by atoms with E-state index in [-0.39, 0.29) is 10.8 Å². The average Bonchev–Trinajstić information content (AvgIpc) is 2.65. The molecule has 0 aromatic heterocycles. The minimum atomic E-state index is -3.71. The van der Waals surface area contributed by atoms with E-state index in [0.29, 0.717) is 16.9 Å². The van der Waals surface area contributed by atoms with Crippen molar-refractivity contribution >= 4 is 27.3 Å².